The Balaban J connectivity index is 3.16. The van der Waals surface area contributed by atoms with E-state index in [-0.39, 0.29) is 18.0 Å². The van der Waals surface area contributed by atoms with Gasteiger partial charge in [-0.25, -0.2) is 8.42 Å². The molecule has 0 spiro atoms. The second kappa shape index (κ2) is 6.03. The molecule has 0 amide bonds. The van der Waals surface area contributed by atoms with E-state index in [0.29, 0.717) is 5.69 Å². The van der Waals surface area contributed by atoms with E-state index >= 15 is 0 Å². The molecule has 19 heavy (non-hydrogen) atoms. The number of rotatable bonds is 5. The first-order valence-electron chi connectivity index (χ1n) is 5.75. The molecule has 0 atom stereocenters. The minimum Gasteiger partial charge on any atom is -0.468 e. The summed E-state index contributed by atoms with van der Waals surface area (Å²) in [4.78, 5) is 11.3. The van der Waals surface area contributed by atoms with Crippen LogP contribution in [0.1, 0.15) is 12.5 Å². The van der Waals surface area contributed by atoms with E-state index in [2.05, 4.69) is 4.74 Å². The van der Waals surface area contributed by atoms with Crippen LogP contribution in [0.4, 0.5) is 5.69 Å². The van der Waals surface area contributed by atoms with E-state index in [9.17, 15) is 13.2 Å². The lowest BCUT2D eigenvalue weighted by Gasteiger charge is -2.19. The second-order valence-corrected chi connectivity index (χ2v) is 6.02. The van der Waals surface area contributed by atoms with Gasteiger partial charge in [0.1, 0.15) is 6.54 Å². The Morgan fingerprint density at radius 1 is 1.37 bits per heavy atom. The minimum atomic E-state index is -3.75. The quantitative estimate of drug-likeness (QED) is 0.637. The average molecular weight is 286 g/mol. The van der Waals surface area contributed by atoms with Crippen molar-refractivity contribution in [3.05, 3.63) is 23.8 Å². The van der Waals surface area contributed by atoms with Crippen LogP contribution in [0.3, 0.4) is 0 Å². The summed E-state index contributed by atoms with van der Waals surface area (Å²) in [5, 5.41) is 0. The summed E-state index contributed by atoms with van der Waals surface area (Å²) < 4.78 is 30.3. The number of hydrogen-bond acceptors (Lipinski definition) is 5. The van der Waals surface area contributed by atoms with Crippen molar-refractivity contribution >= 4 is 21.7 Å². The molecule has 0 aromatic heterocycles. The van der Waals surface area contributed by atoms with Gasteiger partial charge in [0.05, 0.1) is 12.0 Å². The lowest BCUT2D eigenvalue weighted by Crippen LogP contribution is -2.36. The monoisotopic (exact) mass is 286 g/mol. The van der Waals surface area contributed by atoms with Crippen LogP contribution in [-0.2, 0) is 19.6 Å². The number of hydrogen-bond donors (Lipinski definition) is 1. The molecule has 0 aliphatic heterocycles. The highest BCUT2D eigenvalue weighted by atomic mass is 32.2. The largest absolute Gasteiger partial charge is 0.468 e. The molecule has 0 heterocycles. The van der Waals surface area contributed by atoms with Crippen LogP contribution < -0.4 is 5.73 Å². The van der Waals surface area contributed by atoms with E-state index in [4.69, 9.17) is 5.73 Å². The van der Waals surface area contributed by atoms with E-state index in [1.807, 2.05) is 0 Å². The van der Waals surface area contributed by atoms with Gasteiger partial charge in [0.2, 0.25) is 10.0 Å². The van der Waals surface area contributed by atoms with E-state index in [1.54, 1.807) is 19.9 Å². The number of aryl methyl sites for hydroxylation is 1. The zero-order valence-electron chi connectivity index (χ0n) is 11.2. The van der Waals surface area contributed by atoms with Crippen molar-refractivity contribution in [2.75, 3.05) is 25.9 Å². The molecule has 6 nitrogen and oxygen atoms in total. The van der Waals surface area contributed by atoms with Gasteiger partial charge in [0.25, 0.3) is 0 Å². The molecule has 0 fully saturated rings. The van der Waals surface area contributed by atoms with Crippen LogP contribution in [-0.4, -0.2) is 38.9 Å². The molecule has 2 N–H and O–H groups in total. The van der Waals surface area contributed by atoms with Crippen molar-refractivity contribution in [2.45, 2.75) is 18.7 Å². The maximum atomic E-state index is 12.4. The first-order chi connectivity index (χ1) is 8.81. The fraction of sp³-hybridized carbons (Fsp3) is 0.417. The molecule has 106 valence electrons. The van der Waals surface area contributed by atoms with Gasteiger partial charge >= 0.3 is 5.97 Å². The molecule has 7 heteroatoms. The highest BCUT2D eigenvalue weighted by Gasteiger charge is 2.25. The average Bonchev–Trinajstić information content (AvgIpc) is 2.34. The third-order valence-corrected chi connectivity index (χ3v) is 4.50. The Bertz CT molecular complexity index is 549. The lowest BCUT2D eigenvalue weighted by atomic mass is 10.2. The highest BCUT2D eigenvalue weighted by molar-refractivity contribution is 7.89. The predicted octanol–water partition coefficient (Wildman–Crippen LogP) is 0.761. The molecule has 0 bridgehead atoms. The zero-order chi connectivity index (χ0) is 14.6. The van der Waals surface area contributed by atoms with Crippen molar-refractivity contribution in [3.8, 4) is 0 Å². The summed E-state index contributed by atoms with van der Waals surface area (Å²) in [5.41, 5.74) is 6.76. The van der Waals surface area contributed by atoms with Crippen LogP contribution >= 0.6 is 0 Å². The van der Waals surface area contributed by atoms with Gasteiger partial charge in [-0.2, -0.15) is 4.31 Å². The molecule has 0 unspecified atom stereocenters. The lowest BCUT2D eigenvalue weighted by molar-refractivity contribution is -0.140. The van der Waals surface area contributed by atoms with Gasteiger partial charge in [0.15, 0.2) is 0 Å². The van der Waals surface area contributed by atoms with Gasteiger partial charge < -0.3 is 10.5 Å². The SMILES string of the molecule is CCN(CC(=O)OC)S(=O)(=O)c1cc(C)cc(N)c1. The summed E-state index contributed by atoms with van der Waals surface area (Å²) in [6.45, 7) is 3.26. The predicted molar refractivity (Wildman–Crippen MR) is 72.0 cm³/mol. The van der Waals surface area contributed by atoms with Crippen molar-refractivity contribution in [1.82, 2.24) is 4.31 Å². The number of likely N-dealkylation sites (N-methyl/N-ethyl adjacent to an activating group) is 1. The molecular formula is C12H18N2O4S. The first-order valence-corrected chi connectivity index (χ1v) is 7.19. The van der Waals surface area contributed by atoms with Crippen LogP contribution in [0.5, 0.6) is 0 Å². The number of carbonyl (C=O) groups is 1. The fourth-order valence-electron chi connectivity index (χ4n) is 1.65. The van der Waals surface area contributed by atoms with Crippen molar-refractivity contribution in [3.63, 3.8) is 0 Å². The van der Waals surface area contributed by atoms with Gasteiger partial charge in [-0.15, -0.1) is 0 Å². The van der Waals surface area contributed by atoms with E-state index in [1.165, 1.54) is 19.2 Å². The molecule has 0 saturated heterocycles. The molecular weight excluding hydrogens is 268 g/mol. The molecule has 0 saturated carbocycles. The molecule has 0 aliphatic rings. The summed E-state index contributed by atoms with van der Waals surface area (Å²) in [6, 6.07) is 4.57. The van der Waals surface area contributed by atoms with Crippen LogP contribution in [0.15, 0.2) is 23.1 Å². The number of ether oxygens (including phenoxy) is 1. The summed E-state index contributed by atoms with van der Waals surface area (Å²) in [5.74, 6) is -0.606. The van der Waals surface area contributed by atoms with Gasteiger partial charge in [-0.3, -0.25) is 4.79 Å². The molecule has 1 aromatic rings. The van der Waals surface area contributed by atoms with Crippen LogP contribution in [0, 0.1) is 6.92 Å². The molecule has 0 radical (unpaired) electrons. The Labute approximate surface area is 113 Å². The van der Waals surface area contributed by atoms with E-state index in [0.717, 1.165) is 9.87 Å². The van der Waals surface area contributed by atoms with Crippen LogP contribution in [0.2, 0.25) is 0 Å². The zero-order valence-corrected chi connectivity index (χ0v) is 12.0. The number of nitrogens with two attached hydrogens (primary N) is 1. The Morgan fingerprint density at radius 2 is 2.00 bits per heavy atom. The maximum absolute atomic E-state index is 12.4. The number of methoxy groups -OCH3 is 1. The molecule has 0 aliphatic carbocycles. The summed E-state index contributed by atoms with van der Waals surface area (Å²) in [6.07, 6.45) is 0. The number of sulfonamides is 1. The number of benzene rings is 1. The summed E-state index contributed by atoms with van der Waals surface area (Å²) in [7, 11) is -2.53. The molecule has 1 aromatic carbocycles. The first kappa shape index (κ1) is 15.5. The topological polar surface area (TPSA) is 89.7 Å². The second-order valence-electron chi connectivity index (χ2n) is 4.09. The Kier molecular flexibility index (Phi) is 4.90. The standard InChI is InChI=1S/C12H18N2O4S/c1-4-14(8-12(15)18-3)19(16,17)11-6-9(2)5-10(13)7-11/h5-7H,4,8,13H2,1-3H3. The number of esters is 1. The third kappa shape index (κ3) is 3.68. The van der Waals surface area contributed by atoms with Crippen molar-refractivity contribution < 1.29 is 17.9 Å². The van der Waals surface area contributed by atoms with Gasteiger partial charge in [-0.1, -0.05) is 6.92 Å². The number of nitrogen functional groups attached to an aromatic ring is 1. The number of anilines is 1. The number of nitrogens with zero attached hydrogens (tertiary/aromatic N) is 1. The van der Waals surface area contributed by atoms with E-state index < -0.39 is 16.0 Å². The minimum absolute atomic E-state index is 0.0794. The smallest absolute Gasteiger partial charge is 0.321 e. The summed E-state index contributed by atoms with van der Waals surface area (Å²) >= 11 is 0. The van der Waals surface area contributed by atoms with Gasteiger partial charge in [0, 0.05) is 12.2 Å². The fourth-order valence-corrected chi connectivity index (χ4v) is 3.18. The van der Waals surface area contributed by atoms with Crippen molar-refractivity contribution in [1.29, 1.82) is 0 Å². The van der Waals surface area contributed by atoms with Gasteiger partial charge in [-0.05, 0) is 30.7 Å². The Hall–Kier alpha value is -1.60. The third-order valence-electron chi connectivity index (χ3n) is 2.60. The maximum Gasteiger partial charge on any atom is 0.321 e. The Morgan fingerprint density at radius 3 is 2.47 bits per heavy atom. The normalized spacial score (nSPS) is 11.6. The number of carbonyl (C=O) groups excluding carboxylic acids is 1. The van der Waals surface area contributed by atoms with Crippen molar-refractivity contribution in [2.24, 2.45) is 0 Å². The van der Waals surface area contributed by atoms with Crippen LogP contribution in [0.25, 0.3) is 0 Å². The highest BCUT2D eigenvalue weighted by Crippen LogP contribution is 2.20. The molecule has 1 rings (SSSR count).